The van der Waals surface area contributed by atoms with Crippen molar-refractivity contribution in [3.05, 3.63) is 34.7 Å². The molecule has 0 spiro atoms. The van der Waals surface area contributed by atoms with Gasteiger partial charge in [-0.1, -0.05) is 32.9 Å². The highest BCUT2D eigenvalue weighted by molar-refractivity contribution is 5.76. The average molecular weight is 360 g/mol. The highest BCUT2D eigenvalue weighted by atomic mass is 16.3. The van der Waals surface area contributed by atoms with Gasteiger partial charge in [0.1, 0.15) is 0 Å². The first-order chi connectivity index (χ1) is 12.4. The van der Waals surface area contributed by atoms with E-state index in [1.807, 2.05) is 40.3 Å². The van der Waals surface area contributed by atoms with Gasteiger partial charge in [0, 0.05) is 38.2 Å². The Kier molecular flexibility index (Phi) is 5.58. The molecule has 1 aromatic heterocycles. The Morgan fingerprint density at radius 1 is 1.19 bits per heavy atom. The number of nitrogens with zero attached hydrogens (tertiary/aromatic N) is 3. The molecule has 0 amide bonds. The van der Waals surface area contributed by atoms with Crippen molar-refractivity contribution >= 4 is 11.0 Å². The van der Waals surface area contributed by atoms with E-state index in [0.717, 1.165) is 43.5 Å². The number of piperidine rings is 1. The van der Waals surface area contributed by atoms with Crippen LogP contribution in [-0.2, 0) is 6.54 Å². The minimum Gasteiger partial charge on any atom is -0.396 e. The first-order valence-electron chi connectivity index (χ1n) is 9.88. The quantitative estimate of drug-likeness (QED) is 0.892. The molecule has 1 aliphatic rings. The van der Waals surface area contributed by atoms with Crippen molar-refractivity contribution in [2.75, 3.05) is 26.2 Å². The number of para-hydroxylation sites is 2. The maximum atomic E-state index is 13.0. The van der Waals surface area contributed by atoms with Gasteiger partial charge in [-0.05, 0) is 43.9 Å². The smallest absolute Gasteiger partial charge is 0.329 e. The third-order valence-corrected chi connectivity index (χ3v) is 5.71. The standard InChI is InChI=1S/C21H33N3O2/c1-5-23-18-8-6-7-9-19(18)24(20(23)26)17-10-12-22(14-16(17)15-25)13-11-21(2,3)4/h6-9,16-17,25H,5,10-15H2,1-4H3/t16-,17+/m0/s1. The molecular weight excluding hydrogens is 326 g/mol. The Hall–Kier alpha value is -1.59. The molecule has 2 heterocycles. The lowest BCUT2D eigenvalue weighted by Crippen LogP contribution is -2.45. The molecule has 1 fully saturated rings. The van der Waals surface area contributed by atoms with Gasteiger partial charge in [0.25, 0.3) is 0 Å². The number of aromatic nitrogens is 2. The van der Waals surface area contributed by atoms with Crippen molar-refractivity contribution in [3.8, 4) is 0 Å². The molecule has 0 bridgehead atoms. The van der Waals surface area contributed by atoms with E-state index in [1.165, 1.54) is 0 Å². The van der Waals surface area contributed by atoms with Crippen LogP contribution in [0.4, 0.5) is 0 Å². The Labute approximate surface area is 156 Å². The fourth-order valence-electron chi connectivity index (χ4n) is 4.17. The number of benzene rings is 1. The first kappa shape index (κ1) is 19.2. The molecule has 5 heteroatoms. The molecule has 1 N–H and O–H groups in total. The van der Waals surface area contributed by atoms with Crippen LogP contribution >= 0.6 is 0 Å². The number of aliphatic hydroxyl groups is 1. The van der Waals surface area contributed by atoms with E-state index in [2.05, 4.69) is 25.7 Å². The first-order valence-corrected chi connectivity index (χ1v) is 9.88. The van der Waals surface area contributed by atoms with Gasteiger partial charge in [0.15, 0.2) is 0 Å². The summed E-state index contributed by atoms with van der Waals surface area (Å²) in [7, 11) is 0. The molecule has 0 saturated carbocycles. The SMILES string of the molecule is CCn1c(=O)n([C@@H]2CCN(CCC(C)(C)C)C[C@H]2CO)c2ccccc21. The molecule has 0 unspecified atom stereocenters. The lowest BCUT2D eigenvalue weighted by Gasteiger charge is -2.39. The Morgan fingerprint density at radius 2 is 1.88 bits per heavy atom. The zero-order valence-corrected chi connectivity index (χ0v) is 16.6. The Morgan fingerprint density at radius 3 is 2.50 bits per heavy atom. The summed E-state index contributed by atoms with van der Waals surface area (Å²) < 4.78 is 3.79. The predicted octanol–water partition coefficient (Wildman–Crippen LogP) is 3.11. The fraction of sp³-hybridized carbons (Fsp3) is 0.667. The number of aryl methyl sites for hydroxylation is 1. The van der Waals surface area contributed by atoms with Crippen molar-refractivity contribution in [1.82, 2.24) is 14.0 Å². The number of fused-ring (bicyclic) bond motifs is 1. The minimum atomic E-state index is 0.0558. The van der Waals surface area contributed by atoms with Crippen LogP contribution in [0.15, 0.2) is 29.1 Å². The number of likely N-dealkylation sites (tertiary alicyclic amines) is 1. The molecular formula is C21H33N3O2. The summed E-state index contributed by atoms with van der Waals surface area (Å²) >= 11 is 0. The number of rotatable bonds is 5. The van der Waals surface area contributed by atoms with E-state index in [-0.39, 0.29) is 24.3 Å². The summed E-state index contributed by atoms with van der Waals surface area (Å²) in [5, 5.41) is 10.0. The van der Waals surface area contributed by atoms with E-state index in [4.69, 9.17) is 0 Å². The minimum absolute atomic E-state index is 0.0558. The van der Waals surface area contributed by atoms with Crippen LogP contribution in [0.25, 0.3) is 11.0 Å². The van der Waals surface area contributed by atoms with E-state index in [0.29, 0.717) is 12.0 Å². The molecule has 3 rings (SSSR count). The number of hydrogen-bond acceptors (Lipinski definition) is 3. The van der Waals surface area contributed by atoms with Gasteiger partial charge in [-0.25, -0.2) is 4.79 Å². The molecule has 144 valence electrons. The fourth-order valence-corrected chi connectivity index (χ4v) is 4.17. The third kappa shape index (κ3) is 3.74. The van der Waals surface area contributed by atoms with Crippen LogP contribution < -0.4 is 5.69 Å². The largest absolute Gasteiger partial charge is 0.396 e. The van der Waals surface area contributed by atoms with Crippen LogP contribution in [0, 0.1) is 11.3 Å². The molecule has 0 aliphatic carbocycles. The van der Waals surface area contributed by atoms with E-state index in [1.54, 1.807) is 0 Å². The van der Waals surface area contributed by atoms with Crippen LogP contribution in [0.1, 0.15) is 46.6 Å². The van der Waals surface area contributed by atoms with E-state index >= 15 is 0 Å². The lowest BCUT2D eigenvalue weighted by molar-refractivity contribution is 0.0707. The van der Waals surface area contributed by atoms with E-state index in [9.17, 15) is 9.90 Å². The predicted molar refractivity (Wildman–Crippen MR) is 107 cm³/mol. The number of imidazole rings is 1. The van der Waals surface area contributed by atoms with Gasteiger partial charge in [-0.3, -0.25) is 9.13 Å². The van der Waals surface area contributed by atoms with Crippen molar-refractivity contribution < 1.29 is 5.11 Å². The summed E-state index contributed by atoms with van der Waals surface area (Å²) in [6.45, 7) is 12.5. The Balaban J connectivity index is 1.88. The van der Waals surface area contributed by atoms with Crippen molar-refractivity contribution in [2.45, 2.75) is 53.1 Å². The zero-order chi connectivity index (χ0) is 18.9. The summed E-state index contributed by atoms with van der Waals surface area (Å²) in [4.78, 5) is 15.5. The molecule has 1 aliphatic heterocycles. The molecule has 1 aromatic carbocycles. The second kappa shape index (κ2) is 7.57. The molecule has 2 aromatic rings. The summed E-state index contributed by atoms with van der Waals surface area (Å²) in [5.41, 5.74) is 2.36. The number of hydrogen-bond donors (Lipinski definition) is 1. The summed E-state index contributed by atoms with van der Waals surface area (Å²) in [6.07, 6.45) is 2.05. The van der Waals surface area contributed by atoms with Crippen molar-refractivity contribution in [1.29, 1.82) is 0 Å². The normalized spacial score (nSPS) is 22.2. The molecule has 26 heavy (non-hydrogen) atoms. The molecule has 1 saturated heterocycles. The van der Waals surface area contributed by atoms with Gasteiger partial charge in [0.05, 0.1) is 11.0 Å². The highest BCUT2D eigenvalue weighted by Gasteiger charge is 2.33. The molecule has 5 nitrogen and oxygen atoms in total. The molecule has 2 atom stereocenters. The Bertz CT molecular complexity index is 800. The van der Waals surface area contributed by atoms with Crippen LogP contribution in [-0.4, -0.2) is 45.4 Å². The highest BCUT2D eigenvalue weighted by Crippen LogP contribution is 2.31. The van der Waals surface area contributed by atoms with Gasteiger partial charge >= 0.3 is 5.69 Å². The summed E-state index contributed by atoms with van der Waals surface area (Å²) in [5.74, 6) is 0.0949. The van der Waals surface area contributed by atoms with E-state index < -0.39 is 0 Å². The molecule has 0 radical (unpaired) electrons. The topological polar surface area (TPSA) is 50.4 Å². The van der Waals surface area contributed by atoms with Crippen molar-refractivity contribution in [2.24, 2.45) is 11.3 Å². The van der Waals surface area contributed by atoms with Gasteiger partial charge in [0.2, 0.25) is 0 Å². The lowest BCUT2D eigenvalue weighted by atomic mass is 9.89. The maximum Gasteiger partial charge on any atom is 0.329 e. The van der Waals surface area contributed by atoms with Crippen LogP contribution in [0.3, 0.4) is 0 Å². The van der Waals surface area contributed by atoms with Crippen LogP contribution in [0.2, 0.25) is 0 Å². The third-order valence-electron chi connectivity index (χ3n) is 5.71. The second-order valence-electron chi connectivity index (χ2n) is 8.80. The second-order valence-corrected chi connectivity index (χ2v) is 8.80. The monoisotopic (exact) mass is 359 g/mol. The average Bonchev–Trinajstić information content (AvgIpc) is 2.90. The van der Waals surface area contributed by atoms with Gasteiger partial charge < -0.3 is 10.0 Å². The van der Waals surface area contributed by atoms with Crippen LogP contribution in [0.5, 0.6) is 0 Å². The van der Waals surface area contributed by atoms with Crippen molar-refractivity contribution in [3.63, 3.8) is 0 Å². The van der Waals surface area contributed by atoms with Gasteiger partial charge in [-0.2, -0.15) is 0 Å². The summed E-state index contributed by atoms with van der Waals surface area (Å²) in [6, 6.07) is 8.09. The number of aliphatic hydroxyl groups excluding tert-OH is 1. The maximum absolute atomic E-state index is 13.0. The zero-order valence-electron chi connectivity index (χ0n) is 16.6. The van der Waals surface area contributed by atoms with Gasteiger partial charge in [-0.15, -0.1) is 0 Å².